The van der Waals surface area contributed by atoms with Crippen molar-refractivity contribution < 1.29 is 14.3 Å². The van der Waals surface area contributed by atoms with Gasteiger partial charge in [0, 0.05) is 17.6 Å². The van der Waals surface area contributed by atoms with E-state index in [-0.39, 0.29) is 18.4 Å². The quantitative estimate of drug-likeness (QED) is 0.453. The maximum atomic E-state index is 13.0. The summed E-state index contributed by atoms with van der Waals surface area (Å²) in [6.07, 6.45) is 2.55. The number of rotatable bonds is 11. The Bertz CT molecular complexity index is 832. The fraction of sp³-hybridized carbons (Fsp3) is 0.391. The van der Waals surface area contributed by atoms with Crippen molar-refractivity contribution in [3.05, 3.63) is 63.6 Å². The molecule has 0 radical (unpaired) electrons. The third-order valence-corrected chi connectivity index (χ3v) is 5.51. The Kier molecular flexibility index (Phi) is 10.2. The average Bonchev–Trinajstić information content (AvgIpc) is 2.74. The smallest absolute Gasteiger partial charge is 0.261 e. The van der Waals surface area contributed by atoms with Crippen LogP contribution in [0.2, 0.25) is 5.02 Å². The fourth-order valence-electron chi connectivity index (χ4n) is 2.92. The predicted octanol–water partition coefficient (Wildman–Crippen LogP) is 4.86. The van der Waals surface area contributed by atoms with Crippen LogP contribution >= 0.6 is 27.5 Å². The number of amides is 2. The van der Waals surface area contributed by atoms with Crippen molar-refractivity contribution in [3.8, 4) is 5.75 Å². The van der Waals surface area contributed by atoms with Crippen LogP contribution in [0.3, 0.4) is 0 Å². The molecule has 5 nitrogen and oxygen atoms in total. The van der Waals surface area contributed by atoms with E-state index in [4.69, 9.17) is 16.3 Å². The molecule has 2 aromatic rings. The molecule has 162 valence electrons. The van der Waals surface area contributed by atoms with Gasteiger partial charge in [0.25, 0.3) is 5.91 Å². The van der Waals surface area contributed by atoms with Gasteiger partial charge in [0.05, 0.1) is 5.02 Å². The summed E-state index contributed by atoms with van der Waals surface area (Å²) >= 11 is 9.52. The van der Waals surface area contributed by atoms with Crippen LogP contribution in [0.25, 0.3) is 0 Å². The molecule has 0 fully saturated rings. The summed E-state index contributed by atoms with van der Waals surface area (Å²) in [4.78, 5) is 27.1. The summed E-state index contributed by atoms with van der Waals surface area (Å²) in [6.45, 7) is 4.64. The molecule has 7 heteroatoms. The number of ether oxygens (including phenoxy) is 1. The van der Waals surface area contributed by atoms with E-state index in [1.54, 1.807) is 30.0 Å². The summed E-state index contributed by atoms with van der Waals surface area (Å²) in [6, 6.07) is 14.5. The Hall–Kier alpha value is -2.05. The number of unbranched alkanes of at least 4 members (excludes halogenated alkanes) is 1. The Balaban J connectivity index is 2.05. The number of nitrogens with one attached hydrogen (secondary N) is 1. The van der Waals surface area contributed by atoms with Gasteiger partial charge in [-0.25, -0.2) is 0 Å². The molecule has 0 saturated heterocycles. The maximum Gasteiger partial charge on any atom is 0.261 e. The van der Waals surface area contributed by atoms with Crippen LogP contribution in [-0.4, -0.2) is 42.5 Å². The zero-order valence-corrected chi connectivity index (χ0v) is 19.7. The minimum Gasteiger partial charge on any atom is -0.482 e. The van der Waals surface area contributed by atoms with Gasteiger partial charge in [0.1, 0.15) is 11.8 Å². The SMILES string of the molecule is CCCCNC(=O)[C@H](C)N(CCc1ccccc1)C(=O)COc1ccc(Br)cc1Cl. The molecule has 2 amide bonds. The van der Waals surface area contributed by atoms with Crippen molar-refractivity contribution in [1.82, 2.24) is 10.2 Å². The highest BCUT2D eigenvalue weighted by molar-refractivity contribution is 9.10. The molecule has 2 rings (SSSR count). The third kappa shape index (κ3) is 7.65. The molecule has 0 bridgehead atoms. The van der Waals surface area contributed by atoms with Crippen LogP contribution in [-0.2, 0) is 16.0 Å². The zero-order chi connectivity index (χ0) is 21.9. The van der Waals surface area contributed by atoms with Gasteiger partial charge in [-0.3, -0.25) is 9.59 Å². The van der Waals surface area contributed by atoms with Gasteiger partial charge in [0.15, 0.2) is 6.61 Å². The van der Waals surface area contributed by atoms with Crippen molar-refractivity contribution in [3.63, 3.8) is 0 Å². The molecule has 0 aliphatic heterocycles. The summed E-state index contributed by atoms with van der Waals surface area (Å²) < 4.78 is 6.47. The second kappa shape index (κ2) is 12.6. The van der Waals surface area contributed by atoms with Crippen molar-refractivity contribution >= 4 is 39.3 Å². The highest BCUT2D eigenvalue weighted by atomic mass is 79.9. The van der Waals surface area contributed by atoms with Crippen LogP contribution in [0.5, 0.6) is 5.75 Å². The number of benzene rings is 2. The predicted molar refractivity (Wildman–Crippen MR) is 124 cm³/mol. The Morgan fingerprint density at radius 2 is 1.93 bits per heavy atom. The number of halogens is 2. The number of carbonyl (C=O) groups is 2. The first-order chi connectivity index (χ1) is 14.4. The summed E-state index contributed by atoms with van der Waals surface area (Å²) in [5.74, 6) is 0.00544. The van der Waals surface area contributed by atoms with E-state index in [1.165, 1.54) is 0 Å². The first kappa shape index (κ1) is 24.2. The van der Waals surface area contributed by atoms with Crippen LogP contribution in [0.15, 0.2) is 53.0 Å². The highest BCUT2D eigenvalue weighted by Gasteiger charge is 2.26. The molecular formula is C23H28BrClN2O3. The Morgan fingerprint density at radius 3 is 2.60 bits per heavy atom. The van der Waals surface area contributed by atoms with E-state index < -0.39 is 6.04 Å². The number of hydrogen-bond donors (Lipinski definition) is 1. The number of carbonyl (C=O) groups excluding carboxylic acids is 2. The molecule has 0 aliphatic rings. The number of hydrogen-bond acceptors (Lipinski definition) is 3. The topological polar surface area (TPSA) is 58.6 Å². The monoisotopic (exact) mass is 494 g/mol. The first-order valence-electron chi connectivity index (χ1n) is 10.1. The molecule has 2 aromatic carbocycles. The van der Waals surface area contributed by atoms with Gasteiger partial charge >= 0.3 is 0 Å². The van der Waals surface area contributed by atoms with Crippen molar-refractivity contribution in [2.75, 3.05) is 19.7 Å². The van der Waals surface area contributed by atoms with Gasteiger partial charge in [-0.2, -0.15) is 0 Å². The van der Waals surface area contributed by atoms with Crippen LogP contribution in [0.1, 0.15) is 32.3 Å². The highest BCUT2D eigenvalue weighted by Crippen LogP contribution is 2.27. The van der Waals surface area contributed by atoms with E-state index in [2.05, 4.69) is 28.2 Å². The molecule has 0 unspecified atom stereocenters. The number of nitrogens with zero attached hydrogens (tertiary/aromatic N) is 1. The van der Waals surface area contributed by atoms with E-state index in [1.807, 2.05) is 30.3 Å². The molecular weight excluding hydrogens is 468 g/mol. The molecule has 0 aliphatic carbocycles. The second-order valence-corrected chi connectivity index (χ2v) is 8.33. The van der Waals surface area contributed by atoms with Crippen LogP contribution < -0.4 is 10.1 Å². The molecule has 0 aromatic heterocycles. The molecule has 0 heterocycles. The molecule has 1 atom stereocenters. The lowest BCUT2D eigenvalue weighted by Crippen LogP contribution is -2.50. The molecule has 1 N–H and O–H groups in total. The average molecular weight is 496 g/mol. The second-order valence-electron chi connectivity index (χ2n) is 7.01. The lowest BCUT2D eigenvalue weighted by molar-refractivity contribution is -0.141. The lowest BCUT2D eigenvalue weighted by Gasteiger charge is -2.28. The van der Waals surface area contributed by atoms with Crippen LogP contribution in [0, 0.1) is 0 Å². The van der Waals surface area contributed by atoms with E-state index in [0.29, 0.717) is 30.3 Å². The van der Waals surface area contributed by atoms with Gasteiger partial charge < -0.3 is 15.0 Å². The van der Waals surface area contributed by atoms with E-state index in [9.17, 15) is 9.59 Å². The minimum atomic E-state index is -0.595. The normalized spacial score (nSPS) is 11.6. The largest absolute Gasteiger partial charge is 0.482 e. The molecule has 30 heavy (non-hydrogen) atoms. The molecule has 0 spiro atoms. The van der Waals surface area contributed by atoms with E-state index in [0.717, 1.165) is 22.9 Å². The first-order valence-corrected chi connectivity index (χ1v) is 11.3. The summed E-state index contributed by atoms with van der Waals surface area (Å²) in [5, 5.41) is 3.32. The Morgan fingerprint density at radius 1 is 1.20 bits per heavy atom. The minimum absolute atomic E-state index is 0.161. The zero-order valence-electron chi connectivity index (χ0n) is 17.4. The van der Waals surface area contributed by atoms with Crippen molar-refractivity contribution in [2.45, 2.75) is 39.2 Å². The summed E-state index contributed by atoms with van der Waals surface area (Å²) in [5.41, 5.74) is 1.10. The molecule has 0 saturated carbocycles. The van der Waals surface area contributed by atoms with Gasteiger partial charge in [-0.15, -0.1) is 0 Å². The Labute approximate surface area is 191 Å². The van der Waals surface area contributed by atoms with Gasteiger partial charge in [-0.05, 0) is 43.5 Å². The fourth-order valence-corrected chi connectivity index (χ4v) is 3.65. The van der Waals surface area contributed by atoms with Crippen LogP contribution in [0.4, 0.5) is 0 Å². The maximum absolute atomic E-state index is 13.0. The van der Waals surface area contributed by atoms with Gasteiger partial charge in [0.2, 0.25) is 5.91 Å². The summed E-state index contributed by atoms with van der Waals surface area (Å²) in [7, 11) is 0. The lowest BCUT2D eigenvalue weighted by atomic mass is 10.1. The van der Waals surface area contributed by atoms with Crippen molar-refractivity contribution in [2.24, 2.45) is 0 Å². The van der Waals surface area contributed by atoms with E-state index >= 15 is 0 Å². The third-order valence-electron chi connectivity index (χ3n) is 4.73. The standard InChI is InChI=1S/C23H28BrClN2O3/c1-3-4-13-26-23(29)17(2)27(14-12-18-8-6-5-7-9-18)22(28)16-30-21-11-10-19(24)15-20(21)25/h5-11,15,17H,3-4,12-14,16H2,1-2H3,(H,26,29)/t17-/m0/s1. The van der Waals surface area contributed by atoms with Crippen molar-refractivity contribution in [1.29, 1.82) is 0 Å². The van der Waals surface area contributed by atoms with Gasteiger partial charge in [-0.1, -0.05) is 71.2 Å².